The number of hydrogen-bond acceptors (Lipinski definition) is 4. The molecular weight excluding hydrogens is 331 g/mol. The second kappa shape index (κ2) is 11.9. The van der Waals surface area contributed by atoms with Crippen molar-refractivity contribution < 1.29 is 19.8 Å². The Kier molecular flexibility index (Phi) is 12.9. The number of nitrogens with one attached hydrogen (secondary N) is 2. The zero-order valence-electron chi connectivity index (χ0n) is 13.1. The molecule has 2 heterocycles. The minimum Gasteiger partial charge on any atom is -0.481 e. The molecule has 2 fully saturated rings. The minimum atomic E-state index is -0.644. The molecule has 2 rings (SSSR count). The fourth-order valence-electron chi connectivity index (χ4n) is 2.76. The molecule has 0 saturated carbocycles. The van der Waals surface area contributed by atoms with Gasteiger partial charge in [0.25, 0.3) is 0 Å². The van der Waals surface area contributed by atoms with Gasteiger partial charge in [-0.25, -0.2) is 0 Å². The number of halogens is 2. The van der Waals surface area contributed by atoms with E-state index in [0.717, 1.165) is 39.0 Å². The predicted octanol–water partition coefficient (Wildman–Crippen LogP) is 1.48. The van der Waals surface area contributed by atoms with Crippen LogP contribution in [0.1, 0.15) is 26.7 Å². The summed E-state index contributed by atoms with van der Waals surface area (Å²) in [5, 5.41) is 23.7. The summed E-state index contributed by atoms with van der Waals surface area (Å²) in [7, 11) is 0. The molecule has 2 aliphatic heterocycles. The molecule has 0 spiro atoms. The van der Waals surface area contributed by atoms with Gasteiger partial charge in [0.2, 0.25) is 0 Å². The van der Waals surface area contributed by atoms with Crippen molar-refractivity contribution in [3.05, 3.63) is 0 Å². The van der Waals surface area contributed by atoms with Crippen molar-refractivity contribution >= 4 is 36.8 Å². The van der Waals surface area contributed by atoms with Crippen molar-refractivity contribution in [3.8, 4) is 0 Å². The van der Waals surface area contributed by atoms with Crippen LogP contribution in [0.5, 0.6) is 0 Å². The van der Waals surface area contributed by atoms with Gasteiger partial charge in [-0.05, 0) is 50.9 Å². The number of aliphatic carboxylic acids is 2. The smallest absolute Gasteiger partial charge is 0.306 e. The lowest BCUT2D eigenvalue weighted by molar-refractivity contribution is -0.145. The van der Waals surface area contributed by atoms with Gasteiger partial charge in [-0.3, -0.25) is 9.59 Å². The Morgan fingerprint density at radius 3 is 1.32 bits per heavy atom. The first kappa shape index (κ1) is 23.7. The fraction of sp³-hybridized carbons (Fsp3) is 0.857. The van der Waals surface area contributed by atoms with Gasteiger partial charge in [-0.15, -0.1) is 24.8 Å². The molecule has 0 bridgehead atoms. The standard InChI is InChI=1S/2C7H13NO2.2ClH/c2*1-5-4-8-3-2-6(5)7(9)10;;/h2*5-6,8H,2-4H2,1H3,(H,9,10);2*1H/t2*5-,6-;;/m10../s1. The zero-order chi connectivity index (χ0) is 15.1. The van der Waals surface area contributed by atoms with E-state index in [9.17, 15) is 9.59 Å². The monoisotopic (exact) mass is 358 g/mol. The van der Waals surface area contributed by atoms with Crippen LogP contribution in [-0.4, -0.2) is 48.3 Å². The minimum absolute atomic E-state index is 0. The first-order chi connectivity index (χ1) is 9.43. The van der Waals surface area contributed by atoms with Gasteiger partial charge in [-0.1, -0.05) is 13.8 Å². The maximum absolute atomic E-state index is 10.5. The average Bonchev–Trinajstić information content (AvgIpc) is 2.40. The number of hydrogen-bond donors (Lipinski definition) is 4. The number of carbonyl (C=O) groups is 2. The summed E-state index contributed by atoms with van der Waals surface area (Å²) in [4.78, 5) is 21.1. The van der Waals surface area contributed by atoms with E-state index in [1.165, 1.54) is 0 Å². The highest BCUT2D eigenvalue weighted by Gasteiger charge is 2.27. The van der Waals surface area contributed by atoms with Gasteiger partial charge in [0.1, 0.15) is 0 Å². The van der Waals surface area contributed by atoms with Crippen molar-refractivity contribution in [1.82, 2.24) is 10.6 Å². The van der Waals surface area contributed by atoms with Gasteiger partial charge >= 0.3 is 11.9 Å². The van der Waals surface area contributed by atoms with E-state index in [0.29, 0.717) is 0 Å². The molecule has 0 amide bonds. The molecule has 22 heavy (non-hydrogen) atoms. The molecule has 6 nitrogen and oxygen atoms in total. The van der Waals surface area contributed by atoms with Gasteiger partial charge in [0.05, 0.1) is 11.8 Å². The van der Waals surface area contributed by atoms with Gasteiger partial charge in [0.15, 0.2) is 0 Å². The Labute approximate surface area is 144 Å². The van der Waals surface area contributed by atoms with Gasteiger partial charge in [0, 0.05) is 0 Å². The largest absolute Gasteiger partial charge is 0.481 e. The number of piperidine rings is 2. The molecule has 0 aromatic heterocycles. The molecule has 0 aliphatic carbocycles. The molecular formula is C14H28Cl2N2O4. The molecule has 0 aromatic carbocycles. The van der Waals surface area contributed by atoms with Crippen LogP contribution in [0, 0.1) is 23.7 Å². The summed E-state index contributed by atoms with van der Waals surface area (Å²) >= 11 is 0. The second-order valence-electron chi connectivity index (χ2n) is 5.83. The number of rotatable bonds is 2. The van der Waals surface area contributed by atoms with Crippen LogP contribution in [0.3, 0.4) is 0 Å². The molecule has 8 heteroatoms. The summed E-state index contributed by atoms with van der Waals surface area (Å²) in [5.74, 6) is -0.969. The SMILES string of the molecule is C[C@@H]1CNCC[C@H]1C(=O)O.C[C@H]1CNCC[C@@H]1C(=O)O.Cl.Cl. The summed E-state index contributed by atoms with van der Waals surface area (Å²) < 4.78 is 0. The lowest BCUT2D eigenvalue weighted by Crippen LogP contribution is -2.38. The van der Waals surface area contributed by atoms with E-state index in [1.807, 2.05) is 13.8 Å². The van der Waals surface area contributed by atoms with Crippen molar-refractivity contribution in [2.45, 2.75) is 26.7 Å². The highest BCUT2D eigenvalue weighted by molar-refractivity contribution is 5.85. The topological polar surface area (TPSA) is 98.7 Å². The van der Waals surface area contributed by atoms with Crippen LogP contribution in [0.4, 0.5) is 0 Å². The Morgan fingerprint density at radius 2 is 1.14 bits per heavy atom. The van der Waals surface area contributed by atoms with E-state index in [1.54, 1.807) is 0 Å². The highest BCUT2D eigenvalue weighted by Crippen LogP contribution is 2.18. The van der Waals surface area contributed by atoms with Crippen LogP contribution < -0.4 is 10.6 Å². The van der Waals surface area contributed by atoms with Crippen LogP contribution in [0.25, 0.3) is 0 Å². The maximum atomic E-state index is 10.5. The Morgan fingerprint density at radius 1 is 0.818 bits per heavy atom. The highest BCUT2D eigenvalue weighted by atomic mass is 35.5. The predicted molar refractivity (Wildman–Crippen MR) is 90.0 cm³/mol. The maximum Gasteiger partial charge on any atom is 0.306 e. The van der Waals surface area contributed by atoms with Gasteiger partial charge < -0.3 is 20.8 Å². The normalized spacial score (nSPS) is 30.6. The third-order valence-electron chi connectivity index (χ3n) is 4.21. The third kappa shape index (κ3) is 7.63. The Hall–Kier alpha value is -0.560. The first-order valence-corrected chi connectivity index (χ1v) is 7.30. The fourth-order valence-corrected chi connectivity index (χ4v) is 2.76. The first-order valence-electron chi connectivity index (χ1n) is 7.30. The van der Waals surface area contributed by atoms with Crippen molar-refractivity contribution in [1.29, 1.82) is 0 Å². The lowest BCUT2D eigenvalue weighted by Gasteiger charge is -2.25. The lowest BCUT2D eigenvalue weighted by atomic mass is 9.88. The summed E-state index contributed by atoms with van der Waals surface area (Å²) in [6.07, 6.45) is 1.55. The Bertz CT molecular complexity index is 313. The van der Waals surface area contributed by atoms with E-state index >= 15 is 0 Å². The third-order valence-corrected chi connectivity index (χ3v) is 4.21. The van der Waals surface area contributed by atoms with Crippen LogP contribution in [0.2, 0.25) is 0 Å². The average molecular weight is 359 g/mol. The van der Waals surface area contributed by atoms with Crippen LogP contribution in [0.15, 0.2) is 0 Å². The summed E-state index contributed by atoms with van der Waals surface area (Å²) in [6.45, 7) is 7.34. The van der Waals surface area contributed by atoms with Crippen molar-refractivity contribution in [3.63, 3.8) is 0 Å². The van der Waals surface area contributed by atoms with Gasteiger partial charge in [-0.2, -0.15) is 0 Å². The zero-order valence-corrected chi connectivity index (χ0v) is 14.7. The molecule has 2 saturated heterocycles. The van der Waals surface area contributed by atoms with Crippen molar-refractivity contribution in [2.75, 3.05) is 26.2 Å². The molecule has 0 aromatic rings. The Balaban J connectivity index is 0. The molecule has 0 unspecified atom stereocenters. The summed E-state index contributed by atoms with van der Waals surface area (Å²) in [5.41, 5.74) is 0. The molecule has 4 atom stereocenters. The quantitative estimate of drug-likeness (QED) is 0.596. The van der Waals surface area contributed by atoms with E-state index < -0.39 is 11.9 Å². The molecule has 132 valence electrons. The van der Waals surface area contributed by atoms with Crippen LogP contribution >= 0.6 is 24.8 Å². The number of carboxylic acid groups (broad SMARTS) is 2. The van der Waals surface area contributed by atoms with E-state index in [4.69, 9.17) is 10.2 Å². The summed E-state index contributed by atoms with van der Waals surface area (Å²) in [6, 6.07) is 0. The van der Waals surface area contributed by atoms with Crippen molar-refractivity contribution in [2.24, 2.45) is 23.7 Å². The van der Waals surface area contributed by atoms with E-state index in [2.05, 4.69) is 10.6 Å². The molecule has 2 aliphatic rings. The van der Waals surface area contributed by atoms with Crippen LogP contribution in [-0.2, 0) is 9.59 Å². The number of carboxylic acids is 2. The molecule has 0 radical (unpaired) electrons. The molecule has 4 N–H and O–H groups in total. The second-order valence-corrected chi connectivity index (χ2v) is 5.83. The van der Waals surface area contributed by atoms with E-state index in [-0.39, 0.29) is 48.5 Å².